The summed E-state index contributed by atoms with van der Waals surface area (Å²) in [6.07, 6.45) is 4.70. The average Bonchev–Trinajstić information content (AvgIpc) is 2.48. The van der Waals surface area contributed by atoms with Gasteiger partial charge in [0.25, 0.3) is 0 Å². The summed E-state index contributed by atoms with van der Waals surface area (Å²) in [6.45, 7) is 1.38. The fraction of sp³-hybridized carbons (Fsp3) is 0.529. The van der Waals surface area contributed by atoms with Crippen LogP contribution in [0.5, 0.6) is 0 Å². The van der Waals surface area contributed by atoms with Crippen LogP contribution in [0.2, 0.25) is 5.02 Å². The van der Waals surface area contributed by atoms with E-state index in [1.54, 1.807) is 12.1 Å². The van der Waals surface area contributed by atoms with E-state index in [2.05, 4.69) is 5.32 Å². The van der Waals surface area contributed by atoms with E-state index in [4.69, 9.17) is 11.6 Å². The Morgan fingerprint density at radius 2 is 1.73 bits per heavy atom. The molecule has 2 amide bonds. The SMILES string of the molecule is O=C(Nc1ccccc1Cl)C1CCN(C(=O)C2CCC2)CC1. The van der Waals surface area contributed by atoms with Gasteiger partial charge in [-0.25, -0.2) is 0 Å². The van der Waals surface area contributed by atoms with Crippen molar-refractivity contribution in [3.8, 4) is 0 Å². The predicted molar refractivity (Wildman–Crippen MR) is 86.7 cm³/mol. The number of benzene rings is 1. The van der Waals surface area contributed by atoms with Crippen LogP contribution in [0.15, 0.2) is 24.3 Å². The van der Waals surface area contributed by atoms with Gasteiger partial charge in [0.05, 0.1) is 10.7 Å². The molecule has 4 nitrogen and oxygen atoms in total. The molecule has 1 heterocycles. The Balaban J connectivity index is 1.51. The summed E-state index contributed by atoms with van der Waals surface area (Å²) >= 11 is 6.06. The second-order valence-electron chi connectivity index (χ2n) is 6.20. The summed E-state index contributed by atoms with van der Waals surface area (Å²) < 4.78 is 0. The molecule has 118 valence electrons. The molecule has 0 unspecified atom stereocenters. The van der Waals surface area contributed by atoms with Gasteiger partial charge >= 0.3 is 0 Å². The molecule has 2 fully saturated rings. The molecule has 1 aliphatic heterocycles. The molecule has 5 heteroatoms. The van der Waals surface area contributed by atoms with Crippen molar-refractivity contribution in [2.45, 2.75) is 32.1 Å². The maximum atomic E-state index is 12.3. The zero-order valence-corrected chi connectivity index (χ0v) is 13.3. The van der Waals surface area contributed by atoms with E-state index in [-0.39, 0.29) is 23.7 Å². The van der Waals surface area contributed by atoms with Crippen molar-refractivity contribution < 1.29 is 9.59 Å². The van der Waals surface area contributed by atoms with Gasteiger partial charge in [0.1, 0.15) is 0 Å². The average molecular weight is 321 g/mol. The molecular formula is C17H21ClN2O2. The molecule has 22 heavy (non-hydrogen) atoms. The van der Waals surface area contributed by atoms with Gasteiger partial charge in [0, 0.05) is 24.9 Å². The van der Waals surface area contributed by atoms with Crippen molar-refractivity contribution in [2.24, 2.45) is 11.8 Å². The molecule has 1 aliphatic carbocycles. The number of likely N-dealkylation sites (tertiary alicyclic amines) is 1. The molecule has 0 radical (unpaired) electrons. The summed E-state index contributed by atoms with van der Waals surface area (Å²) in [6, 6.07) is 7.25. The molecule has 0 bridgehead atoms. The third-order valence-electron chi connectivity index (χ3n) is 4.76. The number of carbonyl (C=O) groups excluding carboxylic acids is 2. The van der Waals surface area contributed by atoms with Crippen molar-refractivity contribution in [1.82, 2.24) is 4.90 Å². The van der Waals surface area contributed by atoms with Crippen LogP contribution in [0.1, 0.15) is 32.1 Å². The highest BCUT2D eigenvalue weighted by molar-refractivity contribution is 6.33. The number of hydrogen-bond acceptors (Lipinski definition) is 2. The maximum Gasteiger partial charge on any atom is 0.227 e. The maximum absolute atomic E-state index is 12.3. The molecule has 1 saturated carbocycles. The van der Waals surface area contributed by atoms with Crippen LogP contribution in [0, 0.1) is 11.8 Å². The van der Waals surface area contributed by atoms with Crippen LogP contribution >= 0.6 is 11.6 Å². The molecule has 1 aromatic carbocycles. The van der Waals surface area contributed by atoms with Gasteiger partial charge in [-0.1, -0.05) is 30.2 Å². The quantitative estimate of drug-likeness (QED) is 0.928. The number of nitrogens with zero attached hydrogens (tertiary/aromatic N) is 1. The highest BCUT2D eigenvalue weighted by Crippen LogP contribution is 2.30. The number of hydrogen-bond donors (Lipinski definition) is 1. The van der Waals surface area contributed by atoms with Crippen LogP contribution < -0.4 is 5.32 Å². The van der Waals surface area contributed by atoms with Crippen LogP contribution in [-0.2, 0) is 9.59 Å². The van der Waals surface area contributed by atoms with Gasteiger partial charge in [-0.2, -0.15) is 0 Å². The van der Waals surface area contributed by atoms with Crippen LogP contribution in [0.3, 0.4) is 0 Å². The fourth-order valence-electron chi connectivity index (χ4n) is 3.07. The Hall–Kier alpha value is -1.55. The molecular weight excluding hydrogens is 300 g/mol. The molecule has 3 rings (SSSR count). The van der Waals surface area contributed by atoms with Crippen molar-refractivity contribution in [1.29, 1.82) is 0 Å². The first-order valence-electron chi connectivity index (χ1n) is 7.99. The topological polar surface area (TPSA) is 49.4 Å². The summed E-state index contributed by atoms with van der Waals surface area (Å²) in [5.74, 6) is 0.496. The minimum Gasteiger partial charge on any atom is -0.342 e. The lowest BCUT2D eigenvalue weighted by atomic mass is 9.83. The Morgan fingerprint density at radius 3 is 2.32 bits per heavy atom. The second-order valence-corrected chi connectivity index (χ2v) is 6.60. The smallest absolute Gasteiger partial charge is 0.227 e. The fourth-order valence-corrected chi connectivity index (χ4v) is 3.26. The number of nitrogens with one attached hydrogen (secondary N) is 1. The largest absolute Gasteiger partial charge is 0.342 e. The normalized spacial score (nSPS) is 19.6. The first kappa shape index (κ1) is 15.3. The molecule has 1 aromatic rings. The van der Waals surface area contributed by atoms with E-state index < -0.39 is 0 Å². The van der Waals surface area contributed by atoms with Gasteiger partial charge < -0.3 is 10.2 Å². The molecule has 1 saturated heterocycles. The zero-order chi connectivity index (χ0) is 15.5. The van der Waals surface area contributed by atoms with Gasteiger partial charge in [-0.05, 0) is 37.8 Å². The number of para-hydroxylation sites is 1. The molecule has 2 aliphatic rings. The summed E-state index contributed by atoms with van der Waals surface area (Å²) in [5.41, 5.74) is 0.655. The highest BCUT2D eigenvalue weighted by Gasteiger charge is 2.33. The predicted octanol–water partition coefficient (Wildman–Crippen LogP) is 3.32. The van der Waals surface area contributed by atoms with Crippen molar-refractivity contribution in [3.05, 3.63) is 29.3 Å². The van der Waals surface area contributed by atoms with E-state index >= 15 is 0 Å². The van der Waals surface area contributed by atoms with Crippen molar-refractivity contribution in [3.63, 3.8) is 0 Å². The number of anilines is 1. The lowest BCUT2D eigenvalue weighted by molar-refractivity contribution is -0.140. The number of piperidine rings is 1. The van der Waals surface area contributed by atoms with Gasteiger partial charge in [-0.15, -0.1) is 0 Å². The molecule has 0 aromatic heterocycles. The number of carbonyl (C=O) groups is 2. The van der Waals surface area contributed by atoms with Crippen LogP contribution in [0.25, 0.3) is 0 Å². The Bertz CT molecular complexity index is 564. The minimum absolute atomic E-state index is 0.00356. The zero-order valence-electron chi connectivity index (χ0n) is 12.6. The van der Waals surface area contributed by atoms with Crippen LogP contribution in [-0.4, -0.2) is 29.8 Å². The number of halogens is 1. The third-order valence-corrected chi connectivity index (χ3v) is 5.09. The Kier molecular flexibility index (Phi) is 4.67. The number of rotatable bonds is 3. The van der Waals surface area contributed by atoms with Gasteiger partial charge in [0.2, 0.25) is 11.8 Å². The monoisotopic (exact) mass is 320 g/mol. The molecule has 0 spiro atoms. The van der Waals surface area contributed by atoms with E-state index in [9.17, 15) is 9.59 Å². The summed E-state index contributed by atoms with van der Waals surface area (Å²) in [4.78, 5) is 26.5. The minimum atomic E-state index is -0.0401. The summed E-state index contributed by atoms with van der Waals surface area (Å²) in [5, 5.41) is 3.44. The second kappa shape index (κ2) is 6.69. The van der Waals surface area contributed by atoms with E-state index in [1.807, 2.05) is 17.0 Å². The third kappa shape index (κ3) is 3.27. The van der Waals surface area contributed by atoms with E-state index in [1.165, 1.54) is 6.42 Å². The Labute approximate surface area is 135 Å². The molecule has 1 N–H and O–H groups in total. The van der Waals surface area contributed by atoms with Crippen molar-refractivity contribution in [2.75, 3.05) is 18.4 Å². The molecule has 0 atom stereocenters. The van der Waals surface area contributed by atoms with E-state index in [0.29, 0.717) is 23.8 Å². The van der Waals surface area contributed by atoms with E-state index in [0.717, 1.165) is 25.7 Å². The van der Waals surface area contributed by atoms with Gasteiger partial charge in [-0.3, -0.25) is 9.59 Å². The highest BCUT2D eigenvalue weighted by atomic mass is 35.5. The first-order valence-corrected chi connectivity index (χ1v) is 8.37. The van der Waals surface area contributed by atoms with Crippen LogP contribution in [0.4, 0.5) is 5.69 Å². The lowest BCUT2D eigenvalue weighted by Gasteiger charge is -2.36. The summed E-state index contributed by atoms with van der Waals surface area (Å²) in [7, 11) is 0. The first-order chi connectivity index (χ1) is 10.6. The van der Waals surface area contributed by atoms with Gasteiger partial charge in [0.15, 0.2) is 0 Å². The standard InChI is InChI=1S/C17H21ClN2O2/c18-14-6-1-2-7-15(14)19-16(21)12-8-10-20(11-9-12)17(22)13-4-3-5-13/h1-2,6-7,12-13H,3-5,8-11H2,(H,19,21). The van der Waals surface area contributed by atoms with Crippen molar-refractivity contribution >= 4 is 29.1 Å². The Morgan fingerprint density at radius 1 is 1.05 bits per heavy atom. The lowest BCUT2D eigenvalue weighted by Crippen LogP contribution is -2.45. The number of amides is 2.